The van der Waals surface area contributed by atoms with E-state index in [0.717, 1.165) is 41.9 Å². The van der Waals surface area contributed by atoms with Gasteiger partial charge in [-0.3, -0.25) is 9.59 Å². The van der Waals surface area contributed by atoms with Crippen LogP contribution in [0.15, 0.2) is 18.2 Å². The zero-order valence-electron chi connectivity index (χ0n) is 15.5. The fourth-order valence-corrected chi connectivity index (χ4v) is 3.98. The second kappa shape index (κ2) is 8.80. The molecule has 2 heterocycles. The van der Waals surface area contributed by atoms with Crippen molar-refractivity contribution in [1.29, 1.82) is 0 Å². The molecule has 1 fully saturated rings. The van der Waals surface area contributed by atoms with Gasteiger partial charge in [-0.1, -0.05) is 48.8 Å². The van der Waals surface area contributed by atoms with Gasteiger partial charge >= 0.3 is 0 Å². The Morgan fingerprint density at radius 1 is 1.37 bits per heavy atom. The van der Waals surface area contributed by atoms with Crippen molar-refractivity contribution in [2.24, 2.45) is 5.92 Å². The van der Waals surface area contributed by atoms with Crippen LogP contribution >= 0.6 is 22.9 Å². The SMILES string of the molecule is CCCCCc1nnc(NC(=O)[C@@H]2CC(=O)N(c3ccc(C)c(Cl)c3)C2)s1. The van der Waals surface area contributed by atoms with Crippen molar-refractivity contribution in [3.63, 3.8) is 0 Å². The summed E-state index contributed by atoms with van der Waals surface area (Å²) in [5.41, 5.74) is 1.67. The van der Waals surface area contributed by atoms with Crippen LogP contribution in [0.5, 0.6) is 0 Å². The molecule has 0 saturated carbocycles. The van der Waals surface area contributed by atoms with Crippen LogP contribution in [-0.2, 0) is 16.0 Å². The molecular weight excluding hydrogens is 384 g/mol. The van der Waals surface area contributed by atoms with Crippen molar-refractivity contribution >= 4 is 45.6 Å². The standard InChI is InChI=1S/C19H23ClN4O2S/c1-3-4-5-6-16-22-23-19(27-16)21-18(26)13-9-17(25)24(11-13)14-8-7-12(2)15(20)10-14/h7-8,10,13H,3-6,9,11H2,1-2H3,(H,21,23,26)/t13-/m1/s1. The van der Waals surface area contributed by atoms with E-state index in [1.54, 1.807) is 11.0 Å². The number of amides is 2. The predicted molar refractivity (Wildman–Crippen MR) is 108 cm³/mol. The molecule has 1 saturated heterocycles. The van der Waals surface area contributed by atoms with Crippen LogP contribution in [0.3, 0.4) is 0 Å². The quantitative estimate of drug-likeness (QED) is 0.698. The average molecular weight is 407 g/mol. The molecule has 6 nitrogen and oxygen atoms in total. The van der Waals surface area contributed by atoms with Gasteiger partial charge in [0.05, 0.1) is 5.92 Å². The largest absolute Gasteiger partial charge is 0.312 e. The van der Waals surface area contributed by atoms with Gasteiger partial charge in [0.25, 0.3) is 0 Å². The summed E-state index contributed by atoms with van der Waals surface area (Å²) in [6, 6.07) is 5.49. The summed E-state index contributed by atoms with van der Waals surface area (Å²) in [5.74, 6) is -0.682. The maximum atomic E-state index is 12.6. The lowest BCUT2D eigenvalue weighted by Crippen LogP contribution is -2.28. The van der Waals surface area contributed by atoms with Crippen molar-refractivity contribution in [2.75, 3.05) is 16.8 Å². The van der Waals surface area contributed by atoms with Crippen LogP contribution in [0.1, 0.15) is 43.2 Å². The summed E-state index contributed by atoms with van der Waals surface area (Å²) in [7, 11) is 0. The lowest BCUT2D eigenvalue weighted by molar-refractivity contribution is -0.122. The van der Waals surface area contributed by atoms with Gasteiger partial charge in [-0.15, -0.1) is 10.2 Å². The number of benzene rings is 1. The molecule has 1 aromatic heterocycles. The van der Waals surface area contributed by atoms with Crippen LogP contribution in [0.25, 0.3) is 0 Å². The molecule has 0 aliphatic carbocycles. The summed E-state index contributed by atoms with van der Waals surface area (Å²) in [5, 5.41) is 13.0. The van der Waals surface area contributed by atoms with E-state index in [-0.39, 0.29) is 18.2 Å². The average Bonchev–Trinajstić information content (AvgIpc) is 3.24. The highest BCUT2D eigenvalue weighted by molar-refractivity contribution is 7.15. The number of nitrogens with one attached hydrogen (secondary N) is 1. The number of nitrogens with zero attached hydrogens (tertiary/aromatic N) is 3. The number of hydrogen-bond acceptors (Lipinski definition) is 5. The molecule has 144 valence electrons. The second-order valence-electron chi connectivity index (χ2n) is 6.79. The first-order valence-electron chi connectivity index (χ1n) is 9.17. The molecular formula is C19H23ClN4O2S. The van der Waals surface area contributed by atoms with Crippen molar-refractivity contribution in [2.45, 2.75) is 46.0 Å². The van der Waals surface area contributed by atoms with Crippen molar-refractivity contribution in [1.82, 2.24) is 10.2 Å². The molecule has 1 N–H and O–H groups in total. The molecule has 3 rings (SSSR count). The highest BCUT2D eigenvalue weighted by Gasteiger charge is 2.35. The lowest BCUT2D eigenvalue weighted by Gasteiger charge is -2.17. The normalized spacial score (nSPS) is 16.8. The van der Waals surface area contributed by atoms with Crippen molar-refractivity contribution in [3.8, 4) is 0 Å². The minimum atomic E-state index is -0.412. The number of aryl methyl sites for hydroxylation is 2. The Bertz CT molecular complexity index is 839. The van der Waals surface area contributed by atoms with E-state index in [1.165, 1.54) is 11.3 Å². The van der Waals surface area contributed by atoms with Crippen LogP contribution < -0.4 is 10.2 Å². The number of carbonyl (C=O) groups excluding carboxylic acids is 2. The fraction of sp³-hybridized carbons (Fsp3) is 0.474. The van der Waals surface area contributed by atoms with Crippen molar-refractivity contribution in [3.05, 3.63) is 33.8 Å². The molecule has 2 amide bonds. The Morgan fingerprint density at radius 2 is 2.19 bits per heavy atom. The van der Waals surface area contributed by atoms with Crippen LogP contribution in [0.4, 0.5) is 10.8 Å². The van der Waals surface area contributed by atoms with Gasteiger partial charge in [-0.2, -0.15) is 0 Å². The van der Waals surface area contributed by atoms with Gasteiger partial charge < -0.3 is 10.2 Å². The molecule has 0 radical (unpaired) electrons. The molecule has 1 aliphatic rings. The molecule has 0 unspecified atom stereocenters. The van der Waals surface area contributed by atoms with Gasteiger partial charge in [0, 0.05) is 30.1 Å². The maximum absolute atomic E-state index is 12.6. The fourth-order valence-electron chi connectivity index (χ4n) is 3.02. The topological polar surface area (TPSA) is 75.2 Å². The van der Waals surface area contributed by atoms with E-state index in [9.17, 15) is 9.59 Å². The monoisotopic (exact) mass is 406 g/mol. The number of anilines is 2. The number of unbranched alkanes of at least 4 members (excludes halogenated alkanes) is 2. The minimum Gasteiger partial charge on any atom is -0.312 e. The summed E-state index contributed by atoms with van der Waals surface area (Å²) in [4.78, 5) is 26.5. The number of hydrogen-bond donors (Lipinski definition) is 1. The summed E-state index contributed by atoms with van der Waals surface area (Å²) < 4.78 is 0. The van der Waals surface area contributed by atoms with Crippen LogP contribution in [-0.4, -0.2) is 28.6 Å². The van der Waals surface area contributed by atoms with E-state index in [2.05, 4.69) is 22.4 Å². The molecule has 27 heavy (non-hydrogen) atoms. The minimum absolute atomic E-state index is 0.0763. The zero-order valence-corrected chi connectivity index (χ0v) is 17.1. The van der Waals surface area contributed by atoms with E-state index >= 15 is 0 Å². The summed E-state index contributed by atoms with van der Waals surface area (Å²) in [6.45, 7) is 4.40. The van der Waals surface area contributed by atoms with Crippen LogP contribution in [0.2, 0.25) is 5.02 Å². The van der Waals surface area contributed by atoms with Gasteiger partial charge in [-0.05, 0) is 31.0 Å². The third-order valence-corrected chi connectivity index (χ3v) is 5.96. The van der Waals surface area contributed by atoms with Gasteiger partial charge in [0.15, 0.2) is 0 Å². The number of aromatic nitrogens is 2. The molecule has 1 aliphatic heterocycles. The van der Waals surface area contributed by atoms with Crippen LogP contribution in [0, 0.1) is 12.8 Å². The molecule has 1 aromatic carbocycles. The number of rotatable bonds is 7. The first kappa shape index (κ1) is 19.8. The maximum Gasteiger partial charge on any atom is 0.231 e. The zero-order chi connectivity index (χ0) is 19.4. The smallest absolute Gasteiger partial charge is 0.231 e. The Labute approximate surface area is 167 Å². The Morgan fingerprint density at radius 3 is 2.93 bits per heavy atom. The second-order valence-corrected chi connectivity index (χ2v) is 8.26. The lowest BCUT2D eigenvalue weighted by atomic mass is 10.1. The molecule has 0 spiro atoms. The molecule has 1 atom stereocenters. The number of carbonyl (C=O) groups is 2. The highest BCUT2D eigenvalue weighted by Crippen LogP contribution is 2.29. The third kappa shape index (κ3) is 4.84. The van der Waals surface area contributed by atoms with Gasteiger partial charge in [0.1, 0.15) is 5.01 Å². The summed E-state index contributed by atoms with van der Waals surface area (Å²) >= 11 is 7.56. The Balaban J connectivity index is 1.59. The summed E-state index contributed by atoms with van der Waals surface area (Å²) in [6.07, 6.45) is 4.44. The molecule has 2 aromatic rings. The molecule has 0 bridgehead atoms. The van der Waals surface area contributed by atoms with E-state index in [0.29, 0.717) is 16.7 Å². The van der Waals surface area contributed by atoms with Gasteiger partial charge in [-0.25, -0.2) is 0 Å². The first-order chi connectivity index (χ1) is 13.0. The third-order valence-electron chi connectivity index (χ3n) is 4.65. The predicted octanol–water partition coefficient (Wildman–Crippen LogP) is 4.22. The molecule has 8 heteroatoms. The number of halogens is 1. The Hall–Kier alpha value is -1.99. The van der Waals surface area contributed by atoms with E-state index in [4.69, 9.17) is 11.6 Å². The Kier molecular flexibility index (Phi) is 6.44. The van der Waals surface area contributed by atoms with Gasteiger partial charge in [0.2, 0.25) is 16.9 Å². The first-order valence-corrected chi connectivity index (χ1v) is 10.4. The van der Waals surface area contributed by atoms with E-state index < -0.39 is 5.92 Å². The van der Waals surface area contributed by atoms with Crippen molar-refractivity contribution < 1.29 is 9.59 Å². The highest BCUT2D eigenvalue weighted by atomic mass is 35.5. The van der Waals surface area contributed by atoms with E-state index in [1.807, 2.05) is 19.1 Å².